The van der Waals surface area contributed by atoms with E-state index in [2.05, 4.69) is 38.7 Å². The van der Waals surface area contributed by atoms with Gasteiger partial charge in [0.15, 0.2) is 5.65 Å². The van der Waals surface area contributed by atoms with Gasteiger partial charge in [0.25, 0.3) is 0 Å². The summed E-state index contributed by atoms with van der Waals surface area (Å²) in [6.07, 6.45) is 5.46. The summed E-state index contributed by atoms with van der Waals surface area (Å²) in [5.74, 6) is 1.04. The molecule has 5 nitrogen and oxygen atoms in total. The van der Waals surface area contributed by atoms with Crippen LogP contribution in [0.15, 0.2) is 24.4 Å². The average Bonchev–Trinajstić information content (AvgIpc) is 2.91. The van der Waals surface area contributed by atoms with Gasteiger partial charge in [-0.25, -0.2) is 0 Å². The molecule has 1 aliphatic heterocycles. The fourth-order valence-electron chi connectivity index (χ4n) is 3.07. The molecule has 1 fully saturated rings. The lowest BCUT2D eigenvalue weighted by Crippen LogP contribution is -2.45. The standard InChI is InChI=1S/C16H25N5/c1-13(2)20-11-7-14(8-12-20)17-9-6-16-19-18-15-5-3-4-10-21(15)16/h3-5,10,13-14,17H,6-9,11-12H2,1-2H3. The smallest absolute Gasteiger partial charge is 0.160 e. The Labute approximate surface area is 126 Å². The second-order valence-electron chi connectivity index (χ2n) is 6.15. The Kier molecular flexibility index (Phi) is 4.51. The quantitative estimate of drug-likeness (QED) is 0.910. The van der Waals surface area contributed by atoms with E-state index in [0.717, 1.165) is 24.4 Å². The molecule has 0 bridgehead atoms. The van der Waals surface area contributed by atoms with Crippen LogP contribution >= 0.6 is 0 Å². The minimum atomic E-state index is 0.652. The zero-order valence-corrected chi connectivity index (χ0v) is 13.0. The van der Waals surface area contributed by atoms with E-state index in [1.54, 1.807) is 0 Å². The van der Waals surface area contributed by atoms with Crippen molar-refractivity contribution in [2.45, 2.75) is 45.2 Å². The Morgan fingerprint density at radius 3 is 2.81 bits per heavy atom. The highest BCUT2D eigenvalue weighted by atomic mass is 15.2. The second-order valence-corrected chi connectivity index (χ2v) is 6.15. The molecule has 1 saturated heterocycles. The highest BCUT2D eigenvalue weighted by Gasteiger charge is 2.20. The maximum Gasteiger partial charge on any atom is 0.160 e. The van der Waals surface area contributed by atoms with Gasteiger partial charge < -0.3 is 10.2 Å². The first-order valence-corrected chi connectivity index (χ1v) is 8.00. The largest absolute Gasteiger partial charge is 0.313 e. The molecule has 3 rings (SSSR count). The number of hydrogen-bond acceptors (Lipinski definition) is 4. The normalized spacial score (nSPS) is 17.9. The second kappa shape index (κ2) is 6.54. The lowest BCUT2D eigenvalue weighted by Gasteiger charge is -2.35. The topological polar surface area (TPSA) is 45.5 Å². The molecule has 1 N–H and O–H groups in total. The molecule has 0 amide bonds. The number of likely N-dealkylation sites (tertiary alicyclic amines) is 1. The van der Waals surface area contributed by atoms with Crippen molar-refractivity contribution in [2.75, 3.05) is 19.6 Å². The molecule has 3 heterocycles. The first-order chi connectivity index (χ1) is 10.2. The summed E-state index contributed by atoms with van der Waals surface area (Å²) in [6, 6.07) is 7.34. The van der Waals surface area contributed by atoms with E-state index in [9.17, 15) is 0 Å². The van der Waals surface area contributed by atoms with Crippen molar-refractivity contribution in [1.82, 2.24) is 24.8 Å². The van der Waals surface area contributed by atoms with Gasteiger partial charge in [0, 0.05) is 31.2 Å². The van der Waals surface area contributed by atoms with E-state index < -0.39 is 0 Å². The van der Waals surface area contributed by atoms with Crippen molar-refractivity contribution >= 4 is 5.65 Å². The van der Waals surface area contributed by atoms with E-state index in [-0.39, 0.29) is 0 Å². The monoisotopic (exact) mass is 287 g/mol. The minimum absolute atomic E-state index is 0.652. The van der Waals surface area contributed by atoms with Crippen LogP contribution in [-0.2, 0) is 6.42 Å². The van der Waals surface area contributed by atoms with Crippen molar-refractivity contribution in [2.24, 2.45) is 0 Å². The van der Waals surface area contributed by atoms with Gasteiger partial charge in [-0.1, -0.05) is 6.07 Å². The van der Waals surface area contributed by atoms with Gasteiger partial charge >= 0.3 is 0 Å². The average molecular weight is 287 g/mol. The van der Waals surface area contributed by atoms with Gasteiger partial charge in [-0.15, -0.1) is 10.2 Å². The fourth-order valence-corrected chi connectivity index (χ4v) is 3.07. The van der Waals surface area contributed by atoms with Crippen LogP contribution in [0.5, 0.6) is 0 Å². The van der Waals surface area contributed by atoms with E-state index in [4.69, 9.17) is 0 Å². The molecule has 0 atom stereocenters. The number of pyridine rings is 1. The van der Waals surface area contributed by atoms with Gasteiger partial charge in [-0.05, 0) is 51.9 Å². The van der Waals surface area contributed by atoms with Crippen molar-refractivity contribution in [3.63, 3.8) is 0 Å². The minimum Gasteiger partial charge on any atom is -0.313 e. The van der Waals surface area contributed by atoms with Crippen LogP contribution in [0.4, 0.5) is 0 Å². The highest BCUT2D eigenvalue weighted by molar-refractivity contribution is 5.36. The lowest BCUT2D eigenvalue weighted by molar-refractivity contribution is 0.161. The van der Waals surface area contributed by atoms with Gasteiger partial charge in [-0.2, -0.15) is 0 Å². The summed E-state index contributed by atoms with van der Waals surface area (Å²) in [7, 11) is 0. The molecule has 21 heavy (non-hydrogen) atoms. The summed E-state index contributed by atoms with van der Waals surface area (Å²) in [5.41, 5.74) is 0.928. The van der Waals surface area contributed by atoms with Gasteiger partial charge in [-0.3, -0.25) is 4.40 Å². The summed E-state index contributed by atoms with van der Waals surface area (Å²) in [6.45, 7) is 7.96. The first kappa shape index (κ1) is 14.5. The number of aromatic nitrogens is 3. The van der Waals surface area contributed by atoms with Gasteiger partial charge in [0.1, 0.15) is 5.82 Å². The molecule has 2 aromatic heterocycles. The number of nitrogens with one attached hydrogen (secondary N) is 1. The van der Waals surface area contributed by atoms with E-state index in [0.29, 0.717) is 12.1 Å². The molecule has 114 valence electrons. The molecule has 0 saturated carbocycles. The number of piperidine rings is 1. The summed E-state index contributed by atoms with van der Waals surface area (Å²) in [4.78, 5) is 2.56. The van der Waals surface area contributed by atoms with Crippen LogP contribution in [0.1, 0.15) is 32.5 Å². The predicted molar refractivity (Wildman–Crippen MR) is 84.4 cm³/mol. The zero-order valence-electron chi connectivity index (χ0n) is 13.0. The van der Waals surface area contributed by atoms with Gasteiger partial charge in [0.2, 0.25) is 0 Å². The summed E-state index contributed by atoms with van der Waals surface area (Å²) in [5, 5.41) is 12.1. The van der Waals surface area contributed by atoms with Crippen LogP contribution in [-0.4, -0.2) is 51.2 Å². The molecule has 0 aliphatic carbocycles. The van der Waals surface area contributed by atoms with Crippen LogP contribution in [0.2, 0.25) is 0 Å². The molecule has 5 heteroatoms. The molecule has 0 unspecified atom stereocenters. The number of nitrogens with zero attached hydrogens (tertiary/aromatic N) is 4. The number of rotatable bonds is 5. The molecular weight excluding hydrogens is 262 g/mol. The summed E-state index contributed by atoms with van der Waals surface area (Å²) >= 11 is 0. The first-order valence-electron chi connectivity index (χ1n) is 8.00. The Hall–Kier alpha value is -1.46. The molecule has 0 radical (unpaired) electrons. The third-order valence-corrected chi connectivity index (χ3v) is 4.43. The van der Waals surface area contributed by atoms with Gasteiger partial charge in [0.05, 0.1) is 0 Å². The Balaban J connectivity index is 1.47. The SMILES string of the molecule is CC(C)N1CCC(NCCc2nnc3ccccn23)CC1. The highest BCUT2D eigenvalue weighted by Crippen LogP contribution is 2.13. The zero-order chi connectivity index (χ0) is 14.7. The summed E-state index contributed by atoms with van der Waals surface area (Å²) < 4.78 is 2.07. The van der Waals surface area contributed by atoms with Crippen LogP contribution in [0.25, 0.3) is 5.65 Å². The lowest BCUT2D eigenvalue weighted by atomic mass is 10.0. The predicted octanol–water partition coefficient (Wildman–Crippen LogP) is 1.73. The Morgan fingerprint density at radius 2 is 2.05 bits per heavy atom. The van der Waals surface area contributed by atoms with Crippen molar-refractivity contribution in [3.8, 4) is 0 Å². The molecule has 1 aliphatic rings. The third kappa shape index (κ3) is 3.41. The fraction of sp³-hybridized carbons (Fsp3) is 0.625. The van der Waals surface area contributed by atoms with E-state index in [1.165, 1.54) is 25.9 Å². The van der Waals surface area contributed by atoms with Crippen molar-refractivity contribution in [1.29, 1.82) is 0 Å². The van der Waals surface area contributed by atoms with Crippen LogP contribution in [0.3, 0.4) is 0 Å². The van der Waals surface area contributed by atoms with E-state index in [1.807, 2.05) is 24.4 Å². The van der Waals surface area contributed by atoms with E-state index >= 15 is 0 Å². The molecular formula is C16H25N5. The maximum absolute atomic E-state index is 4.28. The Morgan fingerprint density at radius 1 is 1.24 bits per heavy atom. The molecule has 2 aromatic rings. The van der Waals surface area contributed by atoms with Crippen LogP contribution < -0.4 is 5.32 Å². The third-order valence-electron chi connectivity index (χ3n) is 4.43. The maximum atomic E-state index is 4.28. The van der Waals surface area contributed by atoms with Crippen molar-refractivity contribution in [3.05, 3.63) is 30.2 Å². The molecule has 0 aromatic carbocycles. The van der Waals surface area contributed by atoms with Crippen LogP contribution in [0, 0.1) is 0 Å². The van der Waals surface area contributed by atoms with Crippen molar-refractivity contribution < 1.29 is 0 Å². The Bertz CT molecular complexity index is 569. The number of hydrogen-bond donors (Lipinski definition) is 1. The number of fused-ring (bicyclic) bond motifs is 1. The molecule has 0 spiro atoms.